The summed E-state index contributed by atoms with van der Waals surface area (Å²) < 4.78 is 0. The first-order valence-electron chi connectivity index (χ1n) is 9.95. The van der Waals surface area contributed by atoms with Crippen molar-refractivity contribution in [2.45, 2.75) is 50.7 Å². The van der Waals surface area contributed by atoms with Gasteiger partial charge in [-0.1, -0.05) is 18.2 Å². The first-order chi connectivity index (χ1) is 13.2. The Labute approximate surface area is 160 Å². The highest BCUT2D eigenvalue weighted by molar-refractivity contribution is 5.84. The third-order valence-electron chi connectivity index (χ3n) is 5.90. The van der Waals surface area contributed by atoms with E-state index in [1.807, 2.05) is 29.2 Å². The minimum atomic E-state index is -0.0739. The molecule has 0 aliphatic carbocycles. The highest BCUT2D eigenvalue weighted by atomic mass is 16.2. The minimum Gasteiger partial charge on any atom is -0.363 e. The van der Waals surface area contributed by atoms with Crippen molar-refractivity contribution in [3.8, 4) is 6.07 Å². The van der Waals surface area contributed by atoms with Gasteiger partial charge in [0.2, 0.25) is 0 Å². The van der Waals surface area contributed by atoms with E-state index < -0.39 is 0 Å². The number of piperidine rings is 2. The molecular formula is C21H27N5O. The number of carbonyl (C=O) groups is 1. The van der Waals surface area contributed by atoms with E-state index in [0.717, 1.165) is 63.1 Å². The molecule has 0 aromatic heterocycles. The second-order valence-electron chi connectivity index (χ2n) is 7.78. The molecule has 2 saturated heterocycles. The van der Waals surface area contributed by atoms with Gasteiger partial charge in [-0.2, -0.15) is 5.26 Å². The molecule has 27 heavy (non-hydrogen) atoms. The van der Waals surface area contributed by atoms with Gasteiger partial charge >= 0.3 is 0 Å². The average molecular weight is 365 g/mol. The van der Waals surface area contributed by atoms with Gasteiger partial charge in [-0.25, -0.2) is 0 Å². The van der Waals surface area contributed by atoms with Crippen LogP contribution in [0.25, 0.3) is 0 Å². The first kappa shape index (κ1) is 17.9. The van der Waals surface area contributed by atoms with Gasteiger partial charge in [0, 0.05) is 31.9 Å². The molecular weight excluding hydrogens is 338 g/mol. The van der Waals surface area contributed by atoms with Crippen molar-refractivity contribution in [2.75, 3.05) is 19.6 Å². The predicted octanol–water partition coefficient (Wildman–Crippen LogP) is 1.98. The Balaban J connectivity index is 1.68. The van der Waals surface area contributed by atoms with E-state index in [0.29, 0.717) is 12.1 Å². The second kappa shape index (κ2) is 7.61. The fraction of sp³-hybridized carbons (Fsp3) is 0.524. The summed E-state index contributed by atoms with van der Waals surface area (Å²) in [6.07, 6.45) is 7.36. The Morgan fingerprint density at radius 1 is 1.15 bits per heavy atom. The molecule has 2 unspecified atom stereocenters. The topological polar surface area (TPSA) is 76.6 Å². The van der Waals surface area contributed by atoms with Crippen molar-refractivity contribution >= 4 is 5.91 Å². The van der Waals surface area contributed by atoms with Gasteiger partial charge in [-0.15, -0.1) is 0 Å². The summed E-state index contributed by atoms with van der Waals surface area (Å²) in [7, 11) is 0. The summed E-state index contributed by atoms with van der Waals surface area (Å²) in [5.74, 6) is 1.10. The second-order valence-corrected chi connectivity index (χ2v) is 7.78. The molecule has 6 nitrogen and oxygen atoms in total. The Morgan fingerprint density at radius 3 is 2.81 bits per heavy atom. The van der Waals surface area contributed by atoms with E-state index in [-0.39, 0.29) is 18.0 Å². The standard InChI is InChI=1S/C21H27N5O/c22-12-16-6-1-2-7-17(16)13-26-20(25-11-5-8-18(23)14-25)15-24-10-4-3-9-19(24)21(26)27/h1-2,6-7,15,18-19H,3-5,8-11,13-14,23H2. The summed E-state index contributed by atoms with van der Waals surface area (Å²) in [4.78, 5) is 19.8. The van der Waals surface area contributed by atoms with Gasteiger partial charge in [-0.3, -0.25) is 9.69 Å². The third-order valence-corrected chi connectivity index (χ3v) is 5.90. The van der Waals surface area contributed by atoms with Crippen LogP contribution in [0.3, 0.4) is 0 Å². The summed E-state index contributed by atoms with van der Waals surface area (Å²) in [6, 6.07) is 9.88. The van der Waals surface area contributed by atoms with Crippen molar-refractivity contribution in [3.05, 3.63) is 47.4 Å². The lowest BCUT2D eigenvalue weighted by Gasteiger charge is -2.47. The molecule has 3 heterocycles. The van der Waals surface area contributed by atoms with Crippen LogP contribution in [0.4, 0.5) is 0 Å². The van der Waals surface area contributed by atoms with Gasteiger partial charge in [0.05, 0.1) is 18.2 Å². The zero-order valence-corrected chi connectivity index (χ0v) is 15.7. The molecule has 2 atom stereocenters. The molecule has 2 fully saturated rings. The van der Waals surface area contributed by atoms with Gasteiger partial charge in [0.1, 0.15) is 11.9 Å². The van der Waals surface area contributed by atoms with E-state index in [4.69, 9.17) is 5.73 Å². The van der Waals surface area contributed by atoms with Crippen molar-refractivity contribution in [3.63, 3.8) is 0 Å². The Kier molecular flexibility index (Phi) is 5.04. The molecule has 0 spiro atoms. The number of hydrogen-bond donors (Lipinski definition) is 1. The molecule has 2 N–H and O–H groups in total. The van der Waals surface area contributed by atoms with Gasteiger partial charge < -0.3 is 15.5 Å². The van der Waals surface area contributed by atoms with E-state index in [9.17, 15) is 10.1 Å². The smallest absolute Gasteiger partial charge is 0.251 e. The summed E-state index contributed by atoms with van der Waals surface area (Å²) in [5, 5.41) is 9.45. The highest BCUT2D eigenvalue weighted by Crippen LogP contribution is 2.31. The summed E-state index contributed by atoms with van der Waals surface area (Å²) in [6.45, 7) is 3.06. The predicted molar refractivity (Wildman–Crippen MR) is 103 cm³/mol. The fourth-order valence-corrected chi connectivity index (χ4v) is 4.45. The largest absolute Gasteiger partial charge is 0.363 e. The molecule has 0 radical (unpaired) electrons. The maximum absolute atomic E-state index is 13.4. The van der Waals surface area contributed by atoms with Crippen LogP contribution in [0.5, 0.6) is 0 Å². The zero-order chi connectivity index (χ0) is 18.8. The number of amides is 1. The highest BCUT2D eigenvalue weighted by Gasteiger charge is 2.39. The fourth-order valence-electron chi connectivity index (χ4n) is 4.45. The Bertz CT molecular complexity index is 783. The minimum absolute atomic E-state index is 0.0739. The number of carbonyl (C=O) groups excluding carboxylic acids is 1. The summed E-state index contributed by atoms with van der Waals surface area (Å²) >= 11 is 0. The number of fused-ring (bicyclic) bond motifs is 1. The lowest BCUT2D eigenvalue weighted by atomic mass is 9.98. The molecule has 142 valence electrons. The SMILES string of the molecule is N#Cc1ccccc1CN1C(=O)C2CCCCN2C=C1N1CCCC(N)C1. The number of nitriles is 1. The van der Waals surface area contributed by atoms with Crippen molar-refractivity contribution in [1.29, 1.82) is 5.26 Å². The van der Waals surface area contributed by atoms with Crippen LogP contribution in [-0.4, -0.2) is 52.3 Å². The van der Waals surface area contributed by atoms with Crippen LogP contribution in [0.15, 0.2) is 36.3 Å². The van der Waals surface area contributed by atoms with Crippen LogP contribution in [-0.2, 0) is 11.3 Å². The van der Waals surface area contributed by atoms with E-state index >= 15 is 0 Å². The maximum atomic E-state index is 13.4. The number of nitrogens with two attached hydrogens (primary N) is 1. The number of likely N-dealkylation sites (tertiary alicyclic amines) is 1. The number of nitrogens with zero attached hydrogens (tertiary/aromatic N) is 4. The molecule has 3 aliphatic heterocycles. The monoisotopic (exact) mass is 365 g/mol. The summed E-state index contributed by atoms with van der Waals surface area (Å²) in [5.41, 5.74) is 7.74. The molecule has 1 aromatic carbocycles. The van der Waals surface area contributed by atoms with Crippen LogP contribution in [0.1, 0.15) is 43.2 Å². The average Bonchev–Trinajstić information content (AvgIpc) is 2.70. The Hall–Kier alpha value is -2.52. The molecule has 3 aliphatic rings. The van der Waals surface area contributed by atoms with Crippen LogP contribution >= 0.6 is 0 Å². The normalized spacial score (nSPS) is 25.7. The van der Waals surface area contributed by atoms with Crippen LogP contribution in [0.2, 0.25) is 0 Å². The van der Waals surface area contributed by atoms with E-state index in [1.54, 1.807) is 0 Å². The van der Waals surface area contributed by atoms with E-state index in [2.05, 4.69) is 22.1 Å². The molecule has 4 rings (SSSR count). The van der Waals surface area contributed by atoms with Gasteiger partial charge in [-0.05, 0) is 43.7 Å². The zero-order valence-electron chi connectivity index (χ0n) is 15.7. The van der Waals surface area contributed by atoms with Crippen LogP contribution < -0.4 is 5.73 Å². The lowest BCUT2D eigenvalue weighted by molar-refractivity contribution is -0.139. The molecule has 0 bridgehead atoms. The number of rotatable bonds is 3. The van der Waals surface area contributed by atoms with Crippen molar-refractivity contribution in [2.24, 2.45) is 5.73 Å². The third kappa shape index (κ3) is 3.52. The molecule has 1 amide bonds. The Morgan fingerprint density at radius 2 is 2.00 bits per heavy atom. The van der Waals surface area contributed by atoms with E-state index in [1.165, 1.54) is 0 Å². The molecule has 1 aromatic rings. The van der Waals surface area contributed by atoms with Crippen LogP contribution in [0, 0.1) is 11.3 Å². The van der Waals surface area contributed by atoms with Crippen molar-refractivity contribution in [1.82, 2.24) is 14.7 Å². The number of hydrogen-bond acceptors (Lipinski definition) is 5. The lowest BCUT2D eigenvalue weighted by Crippen LogP contribution is -2.56. The van der Waals surface area contributed by atoms with Crippen molar-refractivity contribution < 1.29 is 4.79 Å². The van der Waals surface area contributed by atoms with Gasteiger partial charge in [0.15, 0.2) is 0 Å². The quantitative estimate of drug-likeness (QED) is 0.886. The molecule has 0 saturated carbocycles. The maximum Gasteiger partial charge on any atom is 0.251 e. The van der Waals surface area contributed by atoms with Gasteiger partial charge in [0.25, 0.3) is 5.91 Å². The molecule has 6 heteroatoms. The first-order valence-corrected chi connectivity index (χ1v) is 9.95. The number of benzene rings is 1.